The Kier molecular flexibility index (Phi) is 6.01. The van der Waals surface area contributed by atoms with Crippen LogP contribution in [-0.4, -0.2) is 8.42 Å². The zero-order chi connectivity index (χ0) is 19.3. The van der Waals surface area contributed by atoms with E-state index < -0.39 is 27.9 Å². The fourth-order valence-electron chi connectivity index (χ4n) is 2.91. The molecule has 0 bridgehead atoms. The Bertz CT molecular complexity index is 962. The molecule has 0 aliphatic rings. The molecule has 4 nitrogen and oxygen atoms in total. The molecule has 3 N–H and O–H groups in total. The normalized spacial score (nSPS) is 13.9. The van der Waals surface area contributed by atoms with Crippen LogP contribution in [0.1, 0.15) is 28.8 Å². The van der Waals surface area contributed by atoms with Gasteiger partial charge in [-0.1, -0.05) is 72.8 Å². The highest BCUT2D eigenvalue weighted by Gasteiger charge is 2.26. The Morgan fingerprint density at radius 2 is 1.33 bits per heavy atom. The van der Waals surface area contributed by atoms with Crippen LogP contribution < -0.4 is 10.5 Å². The molecule has 0 fully saturated rings. The van der Waals surface area contributed by atoms with Crippen LogP contribution >= 0.6 is 0 Å². The van der Waals surface area contributed by atoms with Gasteiger partial charge in [0.25, 0.3) is 0 Å². The molecule has 0 aliphatic heterocycles. The van der Waals surface area contributed by atoms with E-state index in [4.69, 9.17) is 5.73 Å². The van der Waals surface area contributed by atoms with Crippen molar-refractivity contribution in [3.05, 3.63) is 107 Å². The van der Waals surface area contributed by atoms with Gasteiger partial charge in [0.2, 0.25) is 10.0 Å². The first kappa shape index (κ1) is 19.2. The van der Waals surface area contributed by atoms with E-state index >= 15 is 0 Å². The van der Waals surface area contributed by atoms with Crippen LogP contribution in [0, 0.1) is 5.82 Å². The maximum atomic E-state index is 13.1. The van der Waals surface area contributed by atoms with Crippen molar-refractivity contribution in [2.45, 2.75) is 17.8 Å². The van der Waals surface area contributed by atoms with Gasteiger partial charge in [0.05, 0.1) is 17.8 Å². The minimum Gasteiger partial charge on any atom is -0.322 e. The molecule has 3 aromatic rings. The highest BCUT2D eigenvalue weighted by Crippen LogP contribution is 2.28. The van der Waals surface area contributed by atoms with Crippen LogP contribution in [0.5, 0.6) is 0 Å². The SMILES string of the molecule is NC(c1ccccc1)C(NS(=O)(=O)Cc1ccc(F)cc1)c1ccccc1. The Labute approximate surface area is 158 Å². The van der Waals surface area contributed by atoms with Crippen molar-refractivity contribution in [2.75, 3.05) is 0 Å². The lowest BCUT2D eigenvalue weighted by Crippen LogP contribution is -2.36. The molecule has 0 saturated carbocycles. The summed E-state index contributed by atoms with van der Waals surface area (Å²) in [6, 6.07) is 22.8. The van der Waals surface area contributed by atoms with E-state index in [2.05, 4.69) is 4.72 Å². The predicted molar refractivity (Wildman–Crippen MR) is 105 cm³/mol. The summed E-state index contributed by atoms with van der Waals surface area (Å²) in [5.74, 6) is -0.657. The van der Waals surface area contributed by atoms with Gasteiger partial charge in [-0.25, -0.2) is 17.5 Å². The van der Waals surface area contributed by atoms with Crippen LogP contribution in [-0.2, 0) is 15.8 Å². The molecule has 0 spiro atoms. The Balaban J connectivity index is 1.87. The Morgan fingerprint density at radius 1 is 0.815 bits per heavy atom. The summed E-state index contributed by atoms with van der Waals surface area (Å²) in [7, 11) is -3.70. The van der Waals surface area contributed by atoms with Crippen molar-refractivity contribution in [3.8, 4) is 0 Å². The standard InChI is InChI=1S/C21H21FN2O2S/c22-19-13-11-16(12-14-19)15-27(25,26)24-21(18-9-5-2-6-10-18)20(23)17-7-3-1-4-8-17/h1-14,20-21,24H,15,23H2. The van der Waals surface area contributed by atoms with Gasteiger partial charge in [0, 0.05) is 0 Å². The van der Waals surface area contributed by atoms with Gasteiger partial charge in [0.1, 0.15) is 5.82 Å². The van der Waals surface area contributed by atoms with Gasteiger partial charge in [-0.2, -0.15) is 0 Å². The average molecular weight is 384 g/mol. The molecule has 140 valence electrons. The number of rotatable bonds is 7. The van der Waals surface area contributed by atoms with E-state index in [0.717, 1.165) is 11.1 Å². The second-order valence-electron chi connectivity index (χ2n) is 6.33. The first-order valence-electron chi connectivity index (χ1n) is 8.54. The minimum atomic E-state index is -3.70. The van der Waals surface area contributed by atoms with Gasteiger partial charge < -0.3 is 5.73 Å². The van der Waals surface area contributed by atoms with E-state index in [0.29, 0.717) is 5.56 Å². The predicted octanol–water partition coefficient (Wildman–Crippen LogP) is 3.69. The molecular formula is C21H21FN2O2S. The number of nitrogens with two attached hydrogens (primary N) is 1. The molecule has 0 radical (unpaired) electrons. The maximum absolute atomic E-state index is 13.1. The van der Waals surface area contributed by atoms with E-state index in [1.807, 2.05) is 60.7 Å². The largest absolute Gasteiger partial charge is 0.322 e. The quantitative estimate of drug-likeness (QED) is 0.653. The lowest BCUT2D eigenvalue weighted by atomic mass is 9.95. The van der Waals surface area contributed by atoms with Crippen molar-refractivity contribution in [3.63, 3.8) is 0 Å². The van der Waals surface area contributed by atoms with Gasteiger partial charge >= 0.3 is 0 Å². The molecule has 0 heterocycles. The fraction of sp³-hybridized carbons (Fsp3) is 0.143. The van der Waals surface area contributed by atoms with Crippen molar-refractivity contribution < 1.29 is 12.8 Å². The smallest absolute Gasteiger partial charge is 0.216 e. The van der Waals surface area contributed by atoms with Crippen LogP contribution in [0.3, 0.4) is 0 Å². The highest BCUT2D eigenvalue weighted by atomic mass is 32.2. The molecule has 3 rings (SSSR count). The second-order valence-corrected chi connectivity index (χ2v) is 8.08. The van der Waals surface area contributed by atoms with Crippen molar-refractivity contribution in [1.82, 2.24) is 4.72 Å². The summed E-state index contributed by atoms with van der Waals surface area (Å²) in [5.41, 5.74) is 8.52. The number of nitrogens with one attached hydrogen (secondary N) is 1. The lowest BCUT2D eigenvalue weighted by molar-refractivity contribution is 0.503. The number of hydrogen-bond donors (Lipinski definition) is 2. The van der Waals surface area contributed by atoms with Gasteiger partial charge in [0.15, 0.2) is 0 Å². The minimum absolute atomic E-state index is 0.252. The summed E-state index contributed by atoms with van der Waals surface area (Å²) in [4.78, 5) is 0. The molecule has 0 aliphatic carbocycles. The summed E-state index contributed by atoms with van der Waals surface area (Å²) >= 11 is 0. The molecule has 3 aromatic carbocycles. The van der Waals surface area contributed by atoms with Crippen LogP contribution in [0.15, 0.2) is 84.9 Å². The molecule has 0 amide bonds. The third kappa shape index (κ3) is 5.23. The van der Waals surface area contributed by atoms with Crippen LogP contribution in [0.25, 0.3) is 0 Å². The van der Waals surface area contributed by atoms with Crippen molar-refractivity contribution in [1.29, 1.82) is 0 Å². The van der Waals surface area contributed by atoms with E-state index in [1.54, 1.807) is 0 Å². The Morgan fingerprint density at radius 3 is 1.89 bits per heavy atom. The van der Waals surface area contributed by atoms with E-state index in [9.17, 15) is 12.8 Å². The number of sulfonamides is 1. The third-order valence-corrected chi connectivity index (χ3v) is 5.61. The molecule has 27 heavy (non-hydrogen) atoms. The first-order valence-corrected chi connectivity index (χ1v) is 10.2. The van der Waals surface area contributed by atoms with Gasteiger partial charge in [-0.3, -0.25) is 0 Å². The third-order valence-electron chi connectivity index (χ3n) is 4.28. The highest BCUT2D eigenvalue weighted by molar-refractivity contribution is 7.88. The summed E-state index contributed by atoms with van der Waals surface area (Å²) in [6.45, 7) is 0. The van der Waals surface area contributed by atoms with Gasteiger partial charge in [-0.05, 0) is 28.8 Å². The number of halogens is 1. The molecular weight excluding hydrogens is 363 g/mol. The molecule has 0 aromatic heterocycles. The second kappa shape index (κ2) is 8.43. The summed E-state index contributed by atoms with van der Waals surface area (Å²) in [6.07, 6.45) is 0. The molecule has 0 saturated heterocycles. The Hall–Kier alpha value is -2.54. The number of benzene rings is 3. The molecule has 2 atom stereocenters. The van der Waals surface area contributed by atoms with Crippen molar-refractivity contribution in [2.24, 2.45) is 5.73 Å². The van der Waals surface area contributed by atoms with Gasteiger partial charge in [-0.15, -0.1) is 0 Å². The first-order chi connectivity index (χ1) is 12.9. The summed E-state index contributed by atoms with van der Waals surface area (Å²) in [5, 5.41) is 0. The average Bonchev–Trinajstić information content (AvgIpc) is 2.69. The summed E-state index contributed by atoms with van der Waals surface area (Å²) < 4.78 is 41.3. The monoisotopic (exact) mass is 384 g/mol. The molecule has 2 unspecified atom stereocenters. The zero-order valence-corrected chi connectivity index (χ0v) is 15.4. The van der Waals surface area contributed by atoms with Crippen molar-refractivity contribution >= 4 is 10.0 Å². The molecule has 6 heteroatoms. The number of hydrogen-bond acceptors (Lipinski definition) is 3. The van der Waals surface area contributed by atoms with Crippen LogP contribution in [0.4, 0.5) is 4.39 Å². The maximum Gasteiger partial charge on any atom is 0.216 e. The van der Waals surface area contributed by atoms with E-state index in [1.165, 1.54) is 24.3 Å². The fourth-order valence-corrected chi connectivity index (χ4v) is 4.30. The zero-order valence-electron chi connectivity index (χ0n) is 14.6. The van der Waals surface area contributed by atoms with Crippen LogP contribution in [0.2, 0.25) is 0 Å². The topological polar surface area (TPSA) is 72.2 Å². The van der Waals surface area contributed by atoms with E-state index in [-0.39, 0.29) is 5.75 Å². The lowest BCUT2D eigenvalue weighted by Gasteiger charge is -2.26.